The number of allylic oxidation sites excluding steroid dienone is 2. The van der Waals surface area contributed by atoms with Crippen LogP contribution in [0.4, 0.5) is 5.69 Å². The van der Waals surface area contributed by atoms with Gasteiger partial charge in [0.1, 0.15) is 0 Å². The molecule has 1 heterocycles. The average molecular weight is 251 g/mol. The van der Waals surface area contributed by atoms with Gasteiger partial charge in [0.15, 0.2) is 0 Å². The Morgan fingerprint density at radius 3 is 2.47 bits per heavy atom. The van der Waals surface area contributed by atoms with Crippen LogP contribution in [0, 0.1) is 0 Å². The molecular formula is C11H13N3O2S. The molecule has 1 aliphatic rings. The number of anilines is 1. The fraction of sp³-hybridized carbons (Fsp3) is 0.0909. The second-order valence-electron chi connectivity index (χ2n) is 3.59. The van der Waals surface area contributed by atoms with Crippen LogP contribution >= 0.6 is 0 Å². The molecule has 0 amide bonds. The Labute approximate surface area is 100 Å². The summed E-state index contributed by atoms with van der Waals surface area (Å²) in [4.78, 5) is 2.65. The summed E-state index contributed by atoms with van der Waals surface area (Å²) in [6, 6.07) is 6.06. The standard InChI is InChI=1S/C11H13N3O2S/c12-10-4-6-11(7-5-10)17(15,16)13-14-8-2-1-3-9-14/h1-8,13H,9,12H2. The van der Waals surface area contributed by atoms with E-state index < -0.39 is 10.0 Å². The van der Waals surface area contributed by atoms with Crippen molar-refractivity contribution in [3.05, 3.63) is 48.7 Å². The zero-order valence-electron chi connectivity index (χ0n) is 9.08. The molecule has 0 atom stereocenters. The van der Waals surface area contributed by atoms with Crippen LogP contribution in [-0.4, -0.2) is 20.0 Å². The van der Waals surface area contributed by atoms with Gasteiger partial charge in [-0.3, -0.25) is 5.01 Å². The van der Waals surface area contributed by atoms with E-state index in [0.29, 0.717) is 12.2 Å². The summed E-state index contributed by atoms with van der Waals surface area (Å²) in [7, 11) is -3.54. The summed E-state index contributed by atoms with van der Waals surface area (Å²) in [5, 5.41) is 1.49. The molecule has 1 aromatic carbocycles. The highest BCUT2D eigenvalue weighted by atomic mass is 32.2. The van der Waals surface area contributed by atoms with Gasteiger partial charge in [-0.1, -0.05) is 12.2 Å². The smallest absolute Gasteiger partial charge is 0.257 e. The van der Waals surface area contributed by atoms with E-state index >= 15 is 0 Å². The normalized spacial score (nSPS) is 15.2. The molecule has 0 spiro atoms. The van der Waals surface area contributed by atoms with Crippen LogP contribution in [0.1, 0.15) is 0 Å². The maximum Gasteiger partial charge on any atom is 0.257 e. The van der Waals surface area contributed by atoms with Crippen molar-refractivity contribution in [2.24, 2.45) is 0 Å². The summed E-state index contributed by atoms with van der Waals surface area (Å²) in [6.45, 7) is 0.505. The van der Waals surface area contributed by atoms with Crippen molar-refractivity contribution in [1.29, 1.82) is 0 Å². The first-order chi connectivity index (χ1) is 8.08. The van der Waals surface area contributed by atoms with Gasteiger partial charge in [0.2, 0.25) is 0 Å². The summed E-state index contributed by atoms with van der Waals surface area (Å²) < 4.78 is 23.9. The minimum atomic E-state index is -3.54. The zero-order chi connectivity index (χ0) is 12.3. The quantitative estimate of drug-likeness (QED) is 0.781. The number of nitrogens with one attached hydrogen (secondary N) is 1. The molecule has 17 heavy (non-hydrogen) atoms. The lowest BCUT2D eigenvalue weighted by Gasteiger charge is -2.21. The second-order valence-corrected chi connectivity index (χ2v) is 5.25. The summed E-state index contributed by atoms with van der Waals surface area (Å²) in [5.41, 5.74) is 6.04. The molecule has 0 saturated heterocycles. The van der Waals surface area contributed by atoms with Gasteiger partial charge in [-0.25, -0.2) is 8.42 Å². The van der Waals surface area contributed by atoms with Crippen LogP contribution in [0.5, 0.6) is 0 Å². The van der Waals surface area contributed by atoms with Gasteiger partial charge in [-0.15, -0.1) is 4.83 Å². The van der Waals surface area contributed by atoms with E-state index in [-0.39, 0.29) is 4.90 Å². The van der Waals surface area contributed by atoms with E-state index in [2.05, 4.69) is 4.83 Å². The largest absolute Gasteiger partial charge is 0.399 e. The Hall–Kier alpha value is -1.79. The van der Waals surface area contributed by atoms with Gasteiger partial charge in [0.25, 0.3) is 10.0 Å². The van der Waals surface area contributed by atoms with Crippen LogP contribution in [0.25, 0.3) is 0 Å². The molecule has 0 aliphatic carbocycles. The zero-order valence-corrected chi connectivity index (χ0v) is 9.89. The van der Waals surface area contributed by atoms with Gasteiger partial charge in [-0.2, -0.15) is 0 Å². The van der Waals surface area contributed by atoms with Gasteiger partial charge in [0, 0.05) is 11.9 Å². The molecule has 1 aromatic rings. The van der Waals surface area contributed by atoms with Crippen molar-refractivity contribution in [2.45, 2.75) is 4.90 Å². The highest BCUT2D eigenvalue weighted by Gasteiger charge is 2.16. The summed E-state index contributed by atoms with van der Waals surface area (Å²) >= 11 is 0. The van der Waals surface area contributed by atoms with Crippen molar-refractivity contribution >= 4 is 15.7 Å². The average Bonchev–Trinajstić information content (AvgIpc) is 2.30. The van der Waals surface area contributed by atoms with Gasteiger partial charge >= 0.3 is 0 Å². The minimum absolute atomic E-state index is 0.189. The summed E-state index contributed by atoms with van der Waals surface area (Å²) in [6.07, 6.45) is 7.13. The molecule has 90 valence electrons. The SMILES string of the molecule is Nc1ccc(S(=O)(=O)NN2C=CC=CC2)cc1. The van der Waals surface area contributed by atoms with Crippen LogP contribution in [-0.2, 0) is 10.0 Å². The Kier molecular flexibility index (Phi) is 3.16. The highest BCUT2D eigenvalue weighted by molar-refractivity contribution is 7.89. The Morgan fingerprint density at radius 2 is 1.88 bits per heavy atom. The maximum absolute atomic E-state index is 12.0. The number of hydrogen-bond donors (Lipinski definition) is 2. The number of rotatable bonds is 3. The topological polar surface area (TPSA) is 75.4 Å². The predicted molar refractivity (Wildman–Crippen MR) is 66.2 cm³/mol. The van der Waals surface area contributed by atoms with Gasteiger partial charge in [0.05, 0.1) is 11.4 Å². The van der Waals surface area contributed by atoms with Crippen molar-refractivity contribution in [3.8, 4) is 0 Å². The number of sulfonamides is 1. The highest BCUT2D eigenvalue weighted by Crippen LogP contribution is 2.12. The van der Waals surface area contributed by atoms with Crippen LogP contribution in [0.2, 0.25) is 0 Å². The van der Waals surface area contributed by atoms with Crippen molar-refractivity contribution in [1.82, 2.24) is 9.84 Å². The Morgan fingerprint density at radius 1 is 1.18 bits per heavy atom. The third kappa shape index (κ3) is 2.86. The van der Waals surface area contributed by atoms with Crippen LogP contribution in [0.15, 0.2) is 53.6 Å². The van der Waals surface area contributed by atoms with Gasteiger partial charge in [-0.05, 0) is 30.3 Å². The first-order valence-corrected chi connectivity index (χ1v) is 6.54. The third-order valence-electron chi connectivity index (χ3n) is 2.24. The lowest BCUT2D eigenvalue weighted by Crippen LogP contribution is -2.39. The van der Waals surface area contributed by atoms with E-state index in [1.54, 1.807) is 24.4 Å². The van der Waals surface area contributed by atoms with Gasteiger partial charge < -0.3 is 5.73 Å². The van der Waals surface area contributed by atoms with E-state index in [1.165, 1.54) is 17.1 Å². The minimum Gasteiger partial charge on any atom is -0.399 e. The summed E-state index contributed by atoms with van der Waals surface area (Å²) in [5.74, 6) is 0. The molecular weight excluding hydrogens is 238 g/mol. The third-order valence-corrected chi connectivity index (χ3v) is 3.61. The first kappa shape index (κ1) is 11.7. The molecule has 0 radical (unpaired) electrons. The lowest BCUT2D eigenvalue weighted by atomic mass is 10.3. The number of hydrazine groups is 1. The van der Waals surface area contributed by atoms with E-state index in [4.69, 9.17) is 5.73 Å². The molecule has 0 aromatic heterocycles. The molecule has 2 rings (SSSR count). The van der Waals surface area contributed by atoms with Crippen molar-refractivity contribution in [3.63, 3.8) is 0 Å². The van der Waals surface area contributed by atoms with Crippen LogP contribution in [0.3, 0.4) is 0 Å². The predicted octanol–water partition coefficient (Wildman–Crippen LogP) is 0.848. The molecule has 6 heteroatoms. The maximum atomic E-state index is 12.0. The van der Waals surface area contributed by atoms with Crippen LogP contribution < -0.4 is 10.6 Å². The molecule has 3 N–H and O–H groups in total. The number of hydrogen-bond acceptors (Lipinski definition) is 4. The number of nitrogen functional groups attached to an aromatic ring is 1. The molecule has 0 bridgehead atoms. The molecule has 5 nitrogen and oxygen atoms in total. The molecule has 1 aliphatic heterocycles. The molecule has 0 unspecified atom stereocenters. The number of nitrogens with two attached hydrogens (primary N) is 1. The van der Waals surface area contributed by atoms with Crippen molar-refractivity contribution in [2.75, 3.05) is 12.3 Å². The molecule has 0 saturated carbocycles. The van der Waals surface area contributed by atoms with E-state index in [0.717, 1.165) is 0 Å². The Balaban J connectivity index is 2.16. The van der Waals surface area contributed by atoms with E-state index in [1.807, 2.05) is 12.2 Å². The number of benzene rings is 1. The lowest BCUT2D eigenvalue weighted by molar-refractivity contribution is 0.367. The fourth-order valence-electron chi connectivity index (χ4n) is 1.39. The fourth-order valence-corrected chi connectivity index (χ4v) is 2.43. The number of nitrogens with zero attached hydrogens (tertiary/aromatic N) is 1. The molecule has 0 fully saturated rings. The van der Waals surface area contributed by atoms with Crippen molar-refractivity contribution < 1.29 is 8.42 Å². The first-order valence-electron chi connectivity index (χ1n) is 5.06. The monoisotopic (exact) mass is 251 g/mol. The second kappa shape index (κ2) is 4.60. The Bertz CT molecular complexity index is 547. The van der Waals surface area contributed by atoms with E-state index in [9.17, 15) is 8.42 Å².